The Balaban J connectivity index is 1.85. The molecule has 6 heteroatoms. The summed E-state index contributed by atoms with van der Waals surface area (Å²) in [5, 5.41) is 11.2. The second-order valence-corrected chi connectivity index (χ2v) is 7.88. The number of cyclic esters (lactones) is 1. The van der Waals surface area contributed by atoms with Crippen LogP contribution in [0, 0.1) is 16.2 Å². The van der Waals surface area contributed by atoms with Crippen molar-refractivity contribution in [3.05, 3.63) is 0 Å². The quantitative estimate of drug-likeness (QED) is 0.506. The molecule has 6 nitrogen and oxygen atoms in total. The molecule has 2 aliphatic carbocycles. The van der Waals surface area contributed by atoms with Crippen molar-refractivity contribution in [3.8, 4) is 0 Å². The summed E-state index contributed by atoms with van der Waals surface area (Å²) in [6.07, 6.45) is -0.374. The minimum Gasteiger partial charge on any atom is -0.464 e. The van der Waals surface area contributed by atoms with Crippen molar-refractivity contribution in [1.82, 2.24) is 0 Å². The van der Waals surface area contributed by atoms with Gasteiger partial charge in [0.2, 0.25) is 0 Å². The van der Waals surface area contributed by atoms with E-state index in [9.17, 15) is 14.7 Å². The molecule has 1 N–H and O–H groups in total. The molecule has 0 radical (unpaired) electrons. The first kappa shape index (κ1) is 12.4. The molecule has 0 bridgehead atoms. The summed E-state index contributed by atoms with van der Waals surface area (Å²) in [5.41, 5.74) is -4.08. The van der Waals surface area contributed by atoms with E-state index >= 15 is 0 Å². The summed E-state index contributed by atoms with van der Waals surface area (Å²) < 4.78 is 17.0. The fraction of sp³-hybridized carbons (Fsp3) is 0.867. The lowest BCUT2D eigenvalue weighted by Gasteiger charge is -2.44. The van der Waals surface area contributed by atoms with E-state index in [0.717, 1.165) is 0 Å². The third kappa shape index (κ3) is 0.781. The maximum atomic E-state index is 12.4. The average molecular weight is 294 g/mol. The normalized spacial score (nSPS) is 66.3. The zero-order valence-electron chi connectivity index (χ0n) is 12.3. The van der Waals surface area contributed by atoms with Gasteiger partial charge in [-0.25, -0.2) is 0 Å². The molecule has 0 amide bonds. The Hall–Kier alpha value is -1.14. The average Bonchev–Trinajstić information content (AvgIpc) is 2.69. The highest BCUT2D eigenvalue weighted by Gasteiger charge is 2.98. The van der Waals surface area contributed by atoms with E-state index in [2.05, 4.69) is 0 Å². The number of hydrogen-bond donors (Lipinski definition) is 1. The molecule has 21 heavy (non-hydrogen) atoms. The number of fused-ring (bicyclic) bond motifs is 2. The molecule has 5 aliphatic rings. The first-order valence-corrected chi connectivity index (χ1v) is 7.45. The van der Waals surface area contributed by atoms with Gasteiger partial charge in [-0.3, -0.25) is 9.59 Å². The molecule has 3 saturated heterocycles. The lowest BCUT2D eigenvalue weighted by Crippen LogP contribution is -2.56. The van der Waals surface area contributed by atoms with E-state index < -0.39 is 39.5 Å². The second kappa shape index (κ2) is 2.74. The van der Waals surface area contributed by atoms with Crippen molar-refractivity contribution in [2.45, 2.75) is 57.0 Å². The van der Waals surface area contributed by atoms with Crippen LogP contribution in [0.5, 0.6) is 0 Å². The Kier molecular flexibility index (Phi) is 1.62. The molecule has 7 atom stereocenters. The van der Waals surface area contributed by atoms with Gasteiger partial charge < -0.3 is 19.3 Å². The van der Waals surface area contributed by atoms with E-state index in [-0.39, 0.29) is 25.1 Å². The predicted molar refractivity (Wildman–Crippen MR) is 66.9 cm³/mol. The minimum absolute atomic E-state index is 0.0164. The van der Waals surface area contributed by atoms with Crippen LogP contribution in [0.4, 0.5) is 0 Å². The number of carbonyl (C=O) groups excluding carboxylic acids is 2. The van der Waals surface area contributed by atoms with Gasteiger partial charge in [0.1, 0.15) is 23.2 Å². The fourth-order valence-electron chi connectivity index (χ4n) is 6.24. The zero-order valence-corrected chi connectivity index (χ0v) is 12.3. The van der Waals surface area contributed by atoms with Crippen LogP contribution in [0.3, 0.4) is 0 Å². The third-order valence-electron chi connectivity index (χ3n) is 7.70. The zero-order chi connectivity index (χ0) is 15.1. The van der Waals surface area contributed by atoms with Crippen molar-refractivity contribution < 1.29 is 28.9 Å². The van der Waals surface area contributed by atoms with Crippen LogP contribution in [0.1, 0.15) is 33.6 Å². The molecular weight excluding hydrogens is 276 g/mol. The number of hydrogen-bond acceptors (Lipinski definition) is 6. The summed E-state index contributed by atoms with van der Waals surface area (Å²) in [6, 6.07) is 0. The minimum atomic E-state index is -1.06. The number of carbonyl (C=O) groups is 2. The number of epoxide rings is 1. The molecule has 3 aliphatic heterocycles. The first-order chi connectivity index (χ1) is 9.70. The van der Waals surface area contributed by atoms with Crippen LogP contribution in [-0.4, -0.2) is 47.1 Å². The Bertz CT molecular complexity index is 632. The molecule has 1 unspecified atom stereocenters. The van der Waals surface area contributed by atoms with Gasteiger partial charge in [0.15, 0.2) is 0 Å². The summed E-state index contributed by atoms with van der Waals surface area (Å²) in [7, 11) is 0. The highest BCUT2D eigenvalue weighted by atomic mass is 16.6. The van der Waals surface area contributed by atoms with Gasteiger partial charge in [0.05, 0.1) is 29.5 Å². The Morgan fingerprint density at radius 2 is 1.95 bits per heavy atom. The third-order valence-corrected chi connectivity index (χ3v) is 7.70. The second-order valence-electron chi connectivity index (χ2n) is 7.88. The summed E-state index contributed by atoms with van der Waals surface area (Å²) in [5.74, 6) is -0.712. The SMILES string of the molecule is C[C@@]12COC(=O)[C@]1(C)[C@H](O)C13CC(=O)O[C@]12C[C@@H]1O[C@@]13C. The van der Waals surface area contributed by atoms with Gasteiger partial charge in [-0.15, -0.1) is 0 Å². The van der Waals surface area contributed by atoms with Gasteiger partial charge in [-0.1, -0.05) is 6.92 Å². The molecule has 0 aromatic rings. The van der Waals surface area contributed by atoms with Crippen LogP contribution >= 0.6 is 0 Å². The summed E-state index contributed by atoms with van der Waals surface area (Å²) in [6.45, 7) is 5.77. The fourth-order valence-corrected chi connectivity index (χ4v) is 6.24. The van der Waals surface area contributed by atoms with E-state index in [1.54, 1.807) is 6.92 Å². The van der Waals surface area contributed by atoms with Crippen molar-refractivity contribution in [2.24, 2.45) is 16.2 Å². The van der Waals surface area contributed by atoms with Crippen LogP contribution < -0.4 is 0 Å². The number of aliphatic hydroxyl groups is 1. The van der Waals surface area contributed by atoms with Gasteiger partial charge in [0, 0.05) is 6.42 Å². The molecule has 2 saturated carbocycles. The van der Waals surface area contributed by atoms with Crippen LogP contribution in [0.15, 0.2) is 0 Å². The Morgan fingerprint density at radius 1 is 1.24 bits per heavy atom. The van der Waals surface area contributed by atoms with E-state index in [1.807, 2.05) is 13.8 Å². The lowest BCUT2D eigenvalue weighted by molar-refractivity contribution is -0.175. The maximum absolute atomic E-state index is 12.4. The molecule has 0 aromatic carbocycles. The summed E-state index contributed by atoms with van der Waals surface area (Å²) >= 11 is 0. The van der Waals surface area contributed by atoms with Gasteiger partial charge in [-0.05, 0) is 13.8 Å². The molecule has 114 valence electrons. The highest BCUT2D eigenvalue weighted by Crippen LogP contribution is 2.84. The number of ether oxygens (including phenoxy) is 3. The smallest absolute Gasteiger partial charge is 0.315 e. The largest absolute Gasteiger partial charge is 0.464 e. The van der Waals surface area contributed by atoms with Crippen molar-refractivity contribution >= 4 is 11.9 Å². The van der Waals surface area contributed by atoms with E-state index in [4.69, 9.17) is 14.2 Å². The van der Waals surface area contributed by atoms with Crippen molar-refractivity contribution in [3.63, 3.8) is 0 Å². The highest BCUT2D eigenvalue weighted by molar-refractivity contribution is 5.86. The Morgan fingerprint density at radius 3 is 2.67 bits per heavy atom. The molecule has 0 aromatic heterocycles. The topological polar surface area (TPSA) is 85.4 Å². The van der Waals surface area contributed by atoms with Crippen molar-refractivity contribution in [1.29, 1.82) is 0 Å². The summed E-state index contributed by atoms with van der Waals surface area (Å²) in [4.78, 5) is 24.5. The lowest BCUT2D eigenvalue weighted by atomic mass is 9.62. The van der Waals surface area contributed by atoms with E-state index in [1.165, 1.54) is 0 Å². The molecular formula is C15H18O6. The van der Waals surface area contributed by atoms with Crippen molar-refractivity contribution in [2.75, 3.05) is 6.61 Å². The van der Waals surface area contributed by atoms with Gasteiger partial charge >= 0.3 is 11.9 Å². The molecule has 5 rings (SSSR count). The standard InChI is InChI=1S/C15H18O6/c1-11-6-19-10(18)12(11,2)9(17)14-5-8(16)21-15(11,14)4-7-13(14,3)20-7/h7,9,17H,4-6H2,1-3H3/t7-,9-,11+,12-,13-,14?,15-/m0/s1. The van der Waals surface area contributed by atoms with Crippen LogP contribution in [0.2, 0.25) is 0 Å². The molecule has 5 fully saturated rings. The number of aliphatic hydroxyl groups excluding tert-OH is 1. The van der Waals surface area contributed by atoms with E-state index in [0.29, 0.717) is 6.42 Å². The van der Waals surface area contributed by atoms with Gasteiger partial charge in [-0.2, -0.15) is 0 Å². The monoisotopic (exact) mass is 294 g/mol. The van der Waals surface area contributed by atoms with Crippen LogP contribution in [-0.2, 0) is 23.8 Å². The first-order valence-electron chi connectivity index (χ1n) is 7.45. The van der Waals surface area contributed by atoms with Crippen LogP contribution in [0.25, 0.3) is 0 Å². The predicted octanol–water partition coefficient (Wildman–Crippen LogP) is 0.164. The Labute approximate surface area is 121 Å². The van der Waals surface area contributed by atoms with Gasteiger partial charge in [0.25, 0.3) is 0 Å². The maximum Gasteiger partial charge on any atom is 0.315 e. The molecule has 0 spiro atoms. The number of esters is 2. The number of rotatable bonds is 0. The molecule has 3 heterocycles.